The highest BCUT2D eigenvalue weighted by Gasteiger charge is 2.07. The Morgan fingerprint density at radius 2 is 1.71 bits per heavy atom. The average Bonchev–Trinajstić information content (AvgIpc) is 2.62. The van der Waals surface area contributed by atoms with Gasteiger partial charge in [-0.2, -0.15) is 0 Å². The van der Waals surface area contributed by atoms with Crippen LogP contribution >= 0.6 is 0 Å². The highest BCUT2D eigenvalue weighted by molar-refractivity contribution is 6.03. The molecule has 3 aromatic rings. The van der Waals surface area contributed by atoms with Crippen molar-refractivity contribution in [3.63, 3.8) is 0 Å². The summed E-state index contributed by atoms with van der Waals surface area (Å²) in [6.45, 7) is 0.525. The highest BCUT2D eigenvalue weighted by Crippen LogP contribution is 2.10. The topological polar surface area (TPSA) is 79.8 Å². The molecule has 7 heteroatoms. The lowest BCUT2D eigenvalue weighted by Crippen LogP contribution is -2.13. The molecule has 3 rings (SSSR count). The molecule has 0 saturated heterocycles. The fourth-order valence-electron chi connectivity index (χ4n) is 1.97. The minimum absolute atomic E-state index is 0.313. The standard InChI is InChI=1S/C17H14FN5O/c18-13-6-4-12(5-7-13)17(24)21-16-9-8-15(22-23-16)20-11-14-3-1-2-10-19-14/h1-10H,11H2,(H,20,22)(H,21,23,24). The number of carbonyl (C=O) groups is 1. The minimum Gasteiger partial charge on any atom is -0.363 e. The van der Waals surface area contributed by atoms with Crippen molar-refractivity contribution in [2.75, 3.05) is 10.6 Å². The van der Waals surface area contributed by atoms with Crippen LogP contribution in [-0.2, 0) is 6.54 Å². The number of benzene rings is 1. The summed E-state index contributed by atoms with van der Waals surface area (Å²) in [6, 6.07) is 14.3. The van der Waals surface area contributed by atoms with Crippen molar-refractivity contribution in [2.24, 2.45) is 0 Å². The molecular formula is C17H14FN5O. The van der Waals surface area contributed by atoms with Crippen LogP contribution in [0.4, 0.5) is 16.0 Å². The molecule has 0 atom stereocenters. The van der Waals surface area contributed by atoms with Crippen LogP contribution < -0.4 is 10.6 Å². The molecule has 2 aromatic heterocycles. The number of hydrogen-bond acceptors (Lipinski definition) is 5. The summed E-state index contributed by atoms with van der Waals surface area (Å²) in [7, 11) is 0. The second kappa shape index (κ2) is 7.28. The highest BCUT2D eigenvalue weighted by atomic mass is 19.1. The second-order valence-corrected chi connectivity index (χ2v) is 4.94. The van der Waals surface area contributed by atoms with Gasteiger partial charge in [-0.05, 0) is 48.5 Å². The van der Waals surface area contributed by atoms with Crippen molar-refractivity contribution in [1.82, 2.24) is 15.2 Å². The zero-order valence-electron chi connectivity index (χ0n) is 12.6. The molecule has 1 amide bonds. The predicted molar refractivity (Wildman–Crippen MR) is 87.9 cm³/mol. The number of nitrogens with zero attached hydrogens (tertiary/aromatic N) is 3. The summed E-state index contributed by atoms with van der Waals surface area (Å²) in [5.41, 5.74) is 1.23. The maximum Gasteiger partial charge on any atom is 0.256 e. The van der Waals surface area contributed by atoms with Gasteiger partial charge in [-0.3, -0.25) is 9.78 Å². The van der Waals surface area contributed by atoms with E-state index in [4.69, 9.17) is 0 Å². The molecule has 6 nitrogen and oxygen atoms in total. The third-order valence-corrected chi connectivity index (χ3v) is 3.19. The van der Waals surface area contributed by atoms with E-state index in [0.717, 1.165) is 5.69 Å². The normalized spacial score (nSPS) is 10.2. The Kier molecular flexibility index (Phi) is 4.71. The largest absolute Gasteiger partial charge is 0.363 e. The molecule has 0 aliphatic heterocycles. The zero-order valence-corrected chi connectivity index (χ0v) is 12.6. The van der Waals surface area contributed by atoms with Crippen molar-refractivity contribution >= 4 is 17.5 Å². The van der Waals surface area contributed by atoms with E-state index in [1.807, 2.05) is 18.2 Å². The first kappa shape index (κ1) is 15.5. The van der Waals surface area contributed by atoms with Gasteiger partial charge in [-0.25, -0.2) is 4.39 Å². The first-order valence-corrected chi connectivity index (χ1v) is 7.25. The Morgan fingerprint density at radius 1 is 0.958 bits per heavy atom. The van der Waals surface area contributed by atoms with Crippen LogP contribution in [0.1, 0.15) is 16.1 Å². The lowest BCUT2D eigenvalue weighted by atomic mass is 10.2. The molecule has 0 radical (unpaired) electrons. The molecule has 0 fully saturated rings. The number of halogens is 1. The third-order valence-electron chi connectivity index (χ3n) is 3.19. The van der Waals surface area contributed by atoms with Gasteiger partial charge in [0.05, 0.1) is 12.2 Å². The number of aromatic nitrogens is 3. The molecule has 24 heavy (non-hydrogen) atoms. The Morgan fingerprint density at radius 3 is 2.38 bits per heavy atom. The van der Waals surface area contributed by atoms with E-state index in [1.165, 1.54) is 24.3 Å². The van der Waals surface area contributed by atoms with Crippen LogP contribution in [0.3, 0.4) is 0 Å². The summed E-state index contributed by atoms with van der Waals surface area (Å²) in [5, 5.41) is 13.6. The van der Waals surface area contributed by atoms with E-state index in [0.29, 0.717) is 23.7 Å². The van der Waals surface area contributed by atoms with Crippen molar-refractivity contribution in [1.29, 1.82) is 0 Å². The van der Waals surface area contributed by atoms with Crippen molar-refractivity contribution in [3.05, 3.63) is 77.9 Å². The molecule has 0 saturated carbocycles. The number of hydrogen-bond donors (Lipinski definition) is 2. The molecule has 0 aliphatic rings. The number of pyridine rings is 1. The van der Waals surface area contributed by atoms with Crippen LogP contribution in [0, 0.1) is 5.82 Å². The Balaban J connectivity index is 1.58. The summed E-state index contributed by atoms with van der Waals surface area (Å²) in [5.74, 6) is 0.112. The van der Waals surface area contributed by atoms with Crippen LogP contribution in [0.15, 0.2) is 60.8 Å². The first-order chi connectivity index (χ1) is 11.7. The van der Waals surface area contributed by atoms with Gasteiger partial charge in [0.1, 0.15) is 11.6 Å². The number of nitrogens with one attached hydrogen (secondary N) is 2. The van der Waals surface area contributed by atoms with E-state index >= 15 is 0 Å². The molecule has 0 spiro atoms. The van der Waals surface area contributed by atoms with Gasteiger partial charge in [0.15, 0.2) is 5.82 Å². The summed E-state index contributed by atoms with van der Waals surface area (Å²) < 4.78 is 12.9. The van der Waals surface area contributed by atoms with Gasteiger partial charge in [-0.15, -0.1) is 10.2 Å². The van der Waals surface area contributed by atoms with E-state index in [2.05, 4.69) is 25.8 Å². The average molecular weight is 323 g/mol. The fourth-order valence-corrected chi connectivity index (χ4v) is 1.97. The monoisotopic (exact) mass is 323 g/mol. The summed E-state index contributed by atoms with van der Waals surface area (Å²) in [6.07, 6.45) is 1.72. The SMILES string of the molecule is O=C(Nc1ccc(NCc2ccccn2)nn1)c1ccc(F)cc1. The van der Waals surface area contributed by atoms with E-state index in [1.54, 1.807) is 18.3 Å². The van der Waals surface area contributed by atoms with Crippen LogP contribution in [0.5, 0.6) is 0 Å². The molecule has 120 valence electrons. The van der Waals surface area contributed by atoms with Crippen molar-refractivity contribution < 1.29 is 9.18 Å². The van der Waals surface area contributed by atoms with Crippen LogP contribution in [-0.4, -0.2) is 21.1 Å². The fraction of sp³-hybridized carbons (Fsp3) is 0.0588. The second-order valence-electron chi connectivity index (χ2n) is 4.94. The molecule has 2 heterocycles. The number of rotatable bonds is 5. The molecule has 0 unspecified atom stereocenters. The van der Waals surface area contributed by atoms with Gasteiger partial charge < -0.3 is 10.6 Å². The quantitative estimate of drug-likeness (QED) is 0.755. The molecule has 1 aromatic carbocycles. The maximum absolute atomic E-state index is 12.9. The van der Waals surface area contributed by atoms with Gasteiger partial charge in [0.25, 0.3) is 5.91 Å². The number of carbonyl (C=O) groups excluding carboxylic acids is 1. The van der Waals surface area contributed by atoms with Crippen LogP contribution in [0.25, 0.3) is 0 Å². The Labute approximate surface area is 137 Å². The summed E-state index contributed by atoms with van der Waals surface area (Å²) in [4.78, 5) is 16.2. The van der Waals surface area contributed by atoms with Gasteiger partial charge in [0, 0.05) is 11.8 Å². The smallest absolute Gasteiger partial charge is 0.256 e. The number of amides is 1. The molecule has 0 aliphatic carbocycles. The Bertz CT molecular complexity index is 807. The maximum atomic E-state index is 12.9. The number of anilines is 2. The van der Waals surface area contributed by atoms with Crippen molar-refractivity contribution in [2.45, 2.75) is 6.54 Å². The third kappa shape index (κ3) is 4.10. The molecule has 2 N–H and O–H groups in total. The van der Waals surface area contributed by atoms with Crippen molar-refractivity contribution in [3.8, 4) is 0 Å². The Hall–Kier alpha value is -3.35. The van der Waals surface area contributed by atoms with Gasteiger partial charge >= 0.3 is 0 Å². The molecule has 0 bridgehead atoms. The van der Waals surface area contributed by atoms with E-state index in [9.17, 15) is 9.18 Å². The minimum atomic E-state index is -0.394. The van der Waals surface area contributed by atoms with E-state index in [-0.39, 0.29) is 5.91 Å². The molecular weight excluding hydrogens is 309 g/mol. The predicted octanol–water partition coefficient (Wildman–Crippen LogP) is 2.88. The van der Waals surface area contributed by atoms with E-state index < -0.39 is 5.82 Å². The zero-order chi connectivity index (χ0) is 16.8. The first-order valence-electron chi connectivity index (χ1n) is 7.25. The lowest BCUT2D eigenvalue weighted by molar-refractivity contribution is 0.102. The van der Waals surface area contributed by atoms with Gasteiger partial charge in [0.2, 0.25) is 0 Å². The lowest BCUT2D eigenvalue weighted by Gasteiger charge is -2.06. The van der Waals surface area contributed by atoms with Gasteiger partial charge in [-0.1, -0.05) is 6.07 Å². The van der Waals surface area contributed by atoms with Crippen LogP contribution in [0.2, 0.25) is 0 Å². The summed E-state index contributed by atoms with van der Waals surface area (Å²) >= 11 is 0.